The van der Waals surface area contributed by atoms with Gasteiger partial charge in [0.15, 0.2) is 0 Å². The normalized spacial score (nSPS) is 11.6. The number of halogens is 2. The molecule has 19 heavy (non-hydrogen) atoms. The van der Waals surface area contributed by atoms with Crippen LogP contribution < -0.4 is 0 Å². The van der Waals surface area contributed by atoms with E-state index in [0.29, 0.717) is 5.02 Å². The smallest absolute Gasteiger partial charge is 0.136 e. The fraction of sp³-hybridized carbons (Fsp3) is 0.308. The van der Waals surface area contributed by atoms with Crippen molar-refractivity contribution in [1.29, 1.82) is 0 Å². The first kappa shape index (κ1) is 14.8. The van der Waals surface area contributed by atoms with Gasteiger partial charge in [0.1, 0.15) is 20.5 Å². The molecule has 2 heterocycles. The predicted octanol–water partition coefficient (Wildman–Crippen LogP) is 4.74. The van der Waals surface area contributed by atoms with Crippen molar-refractivity contribution in [1.82, 2.24) is 15.0 Å². The van der Waals surface area contributed by atoms with Crippen LogP contribution in [0.25, 0.3) is 0 Å². The molecular weight excluding hydrogens is 346 g/mol. The third kappa shape index (κ3) is 4.16. The molecule has 0 unspecified atom stereocenters. The van der Waals surface area contributed by atoms with Gasteiger partial charge < -0.3 is 0 Å². The van der Waals surface area contributed by atoms with E-state index >= 15 is 0 Å². The van der Waals surface area contributed by atoms with Gasteiger partial charge in [0.05, 0.1) is 5.02 Å². The third-order valence-corrected chi connectivity index (χ3v) is 3.75. The van der Waals surface area contributed by atoms with Gasteiger partial charge in [-0.1, -0.05) is 32.4 Å². The highest BCUT2D eigenvalue weighted by Crippen LogP contribution is 2.29. The van der Waals surface area contributed by atoms with E-state index in [1.807, 2.05) is 18.2 Å². The zero-order valence-corrected chi connectivity index (χ0v) is 14.0. The quantitative estimate of drug-likeness (QED) is 0.727. The first-order valence-corrected chi connectivity index (χ1v) is 7.68. The van der Waals surface area contributed by atoms with Crippen molar-refractivity contribution in [3.63, 3.8) is 0 Å². The van der Waals surface area contributed by atoms with Gasteiger partial charge in [-0.25, -0.2) is 15.0 Å². The predicted molar refractivity (Wildman–Crippen MR) is 81.8 cm³/mol. The van der Waals surface area contributed by atoms with E-state index in [4.69, 9.17) is 11.6 Å². The zero-order chi connectivity index (χ0) is 14.0. The lowest BCUT2D eigenvalue weighted by atomic mass is 9.96. The summed E-state index contributed by atoms with van der Waals surface area (Å²) in [6.45, 7) is 6.26. The standard InChI is InChI=1S/C13H13BrClN3S/c1-13(2,3)12-17-9(14)6-11(18-12)19-10-5-4-8(15)7-16-10/h4-7H,1-3H3. The number of rotatable bonds is 2. The molecule has 0 aliphatic heterocycles. The highest BCUT2D eigenvalue weighted by Gasteiger charge is 2.19. The van der Waals surface area contributed by atoms with Crippen LogP contribution in [0.5, 0.6) is 0 Å². The second-order valence-corrected chi connectivity index (χ2v) is 7.31. The maximum atomic E-state index is 5.82. The first-order valence-electron chi connectivity index (χ1n) is 5.69. The summed E-state index contributed by atoms with van der Waals surface area (Å²) in [5, 5.41) is 2.35. The topological polar surface area (TPSA) is 38.7 Å². The zero-order valence-electron chi connectivity index (χ0n) is 10.8. The SMILES string of the molecule is CC(C)(C)c1nc(Br)cc(Sc2ccc(Cl)cn2)n1. The monoisotopic (exact) mass is 357 g/mol. The van der Waals surface area contributed by atoms with Gasteiger partial charge in [-0.15, -0.1) is 0 Å². The second kappa shape index (κ2) is 5.77. The van der Waals surface area contributed by atoms with Crippen LogP contribution in [-0.4, -0.2) is 15.0 Å². The molecule has 0 bridgehead atoms. The van der Waals surface area contributed by atoms with E-state index < -0.39 is 0 Å². The number of hydrogen-bond acceptors (Lipinski definition) is 4. The number of pyridine rings is 1. The van der Waals surface area contributed by atoms with Gasteiger partial charge in [0.2, 0.25) is 0 Å². The van der Waals surface area contributed by atoms with Crippen molar-refractivity contribution < 1.29 is 0 Å². The Bertz CT molecular complexity index is 581. The maximum absolute atomic E-state index is 5.82. The van der Waals surface area contributed by atoms with Crippen LogP contribution in [0.2, 0.25) is 5.02 Å². The molecule has 0 atom stereocenters. The molecule has 2 aromatic rings. The van der Waals surface area contributed by atoms with Crippen molar-refractivity contribution in [3.8, 4) is 0 Å². The molecular formula is C13H13BrClN3S. The lowest BCUT2D eigenvalue weighted by molar-refractivity contribution is 0.536. The molecule has 0 spiro atoms. The molecule has 6 heteroatoms. The Kier molecular flexibility index (Phi) is 4.48. The number of hydrogen-bond donors (Lipinski definition) is 0. The van der Waals surface area contributed by atoms with Crippen LogP contribution in [0.1, 0.15) is 26.6 Å². The molecule has 100 valence electrons. The van der Waals surface area contributed by atoms with Gasteiger partial charge in [0, 0.05) is 17.7 Å². The molecule has 0 aromatic carbocycles. The van der Waals surface area contributed by atoms with Crippen LogP contribution in [0.4, 0.5) is 0 Å². The molecule has 0 N–H and O–H groups in total. The summed E-state index contributed by atoms with van der Waals surface area (Å²) in [5.74, 6) is 0.804. The van der Waals surface area contributed by atoms with Gasteiger partial charge in [0.25, 0.3) is 0 Å². The van der Waals surface area contributed by atoms with Gasteiger partial charge in [-0.3, -0.25) is 0 Å². The van der Waals surface area contributed by atoms with Gasteiger partial charge in [-0.05, 0) is 39.8 Å². The lowest BCUT2D eigenvalue weighted by Crippen LogP contribution is -2.16. The van der Waals surface area contributed by atoms with Gasteiger partial charge in [-0.2, -0.15) is 0 Å². The minimum absolute atomic E-state index is 0.0908. The van der Waals surface area contributed by atoms with Gasteiger partial charge >= 0.3 is 0 Å². The molecule has 0 saturated heterocycles. The summed E-state index contributed by atoms with van der Waals surface area (Å²) < 4.78 is 0.781. The summed E-state index contributed by atoms with van der Waals surface area (Å²) in [5.41, 5.74) is -0.0908. The molecule has 0 saturated carbocycles. The molecule has 2 aromatic heterocycles. The molecule has 0 aliphatic carbocycles. The average Bonchev–Trinajstić information content (AvgIpc) is 2.30. The maximum Gasteiger partial charge on any atom is 0.136 e. The van der Waals surface area contributed by atoms with Crippen LogP contribution >= 0.6 is 39.3 Å². The Labute approximate surface area is 130 Å². The molecule has 0 radical (unpaired) electrons. The molecule has 2 rings (SSSR count). The van der Waals surface area contributed by atoms with E-state index in [-0.39, 0.29) is 5.41 Å². The Morgan fingerprint density at radius 2 is 1.89 bits per heavy atom. The molecule has 0 amide bonds. The molecule has 0 fully saturated rings. The van der Waals surface area contributed by atoms with E-state index in [0.717, 1.165) is 20.5 Å². The fourth-order valence-corrected chi connectivity index (χ4v) is 2.72. The minimum atomic E-state index is -0.0908. The van der Waals surface area contributed by atoms with E-state index in [9.17, 15) is 0 Å². The van der Waals surface area contributed by atoms with Crippen molar-refractivity contribution in [2.75, 3.05) is 0 Å². The number of aromatic nitrogens is 3. The first-order chi connectivity index (χ1) is 8.84. The molecule has 3 nitrogen and oxygen atoms in total. The van der Waals surface area contributed by atoms with E-state index in [1.54, 1.807) is 6.20 Å². The second-order valence-electron chi connectivity index (χ2n) is 5.02. The van der Waals surface area contributed by atoms with Crippen molar-refractivity contribution in [3.05, 3.63) is 39.8 Å². The number of nitrogens with zero attached hydrogens (tertiary/aromatic N) is 3. The van der Waals surface area contributed by atoms with E-state index in [2.05, 4.69) is 51.7 Å². The fourth-order valence-electron chi connectivity index (χ4n) is 1.31. The Morgan fingerprint density at radius 1 is 1.16 bits per heavy atom. The lowest BCUT2D eigenvalue weighted by Gasteiger charge is -2.17. The average molecular weight is 359 g/mol. The third-order valence-electron chi connectivity index (χ3n) is 2.25. The highest BCUT2D eigenvalue weighted by atomic mass is 79.9. The van der Waals surface area contributed by atoms with Crippen LogP contribution in [0.15, 0.2) is 39.1 Å². The summed E-state index contributed by atoms with van der Waals surface area (Å²) in [4.78, 5) is 13.2. The summed E-state index contributed by atoms with van der Waals surface area (Å²) in [7, 11) is 0. The summed E-state index contributed by atoms with van der Waals surface area (Å²) in [6.07, 6.45) is 1.63. The summed E-state index contributed by atoms with van der Waals surface area (Å²) >= 11 is 10.7. The van der Waals surface area contributed by atoms with Crippen molar-refractivity contribution in [2.45, 2.75) is 36.2 Å². The van der Waals surface area contributed by atoms with Crippen molar-refractivity contribution in [2.24, 2.45) is 0 Å². The Morgan fingerprint density at radius 3 is 2.47 bits per heavy atom. The summed E-state index contributed by atoms with van der Waals surface area (Å²) in [6, 6.07) is 5.58. The Balaban J connectivity index is 2.30. The van der Waals surface area contributed by atoms with Crippen LogP contribution in [0.3, 0.4) is 0 Å². The largest absolute Gasteiger partial charge is 0.248 e. The highest BCUT2D eigenvalue weighted by molar-refractivity contribution is 9.10. The van der Waals surface area contributed by atoms with Crippen LogP contribution in [-0.2, 0) is 5.41 Å². The molecule has 0 aliphatic rings. The Hall–Kier alpha value is -0.650. The van der Waals surface area contributed by atoms with E-state index in [1.165, 1.54) is 11.8 Å². The van der Waals surface area contributed by atoms with Crippen molar-refractivity contribution >= 4 is 39.3 Å². The minimum Gasteiger partial charge on any atom is -0.248 e. The van der Waals surface area contributed by atoms with Crippen LogP contribution in [0, 0.1) is 0 Å².